The normalized spacial score (nSPS) is 14.6. The molecule has 158 valence electrons. The van der Waals surface area contributed by atoms with E-state index in [4.69, 9.17) is 0 Å². The van der Waals surface area contributed by atoms with Gasteiger partial charge in [0.2, 0.25) is 0 Å². The molecule has 0 unspecified atom stereocenters. The largest absolute Gasteiger partial charge is 0.480 e. The summed E-state index contributed by atoms with van der Waals surface area (Å²) < 4.78 is 0.824. The molecule has 2 atom stereocenters. The van der Waals surface area contributed by atoms with Gasteiger partial charge in [0.1, 0.15) is 11.7 Å². The van der Waals surface area contributed by atoms with Gasteiger partial charge in [0, 0.05) is 10.9 Å². The number of carbonyl (C=O) groups is 2. The first kappa shape index (κ1) is 24.8. The van der Waals surface area contributed by atoms with E-state index >= 15 is 0 Å². The summed E-state index contributed by atoms with van der Waals surface area (Å²) in [6, 6.07) is 6.82. The van der Waals surface area contributed by atoms with Crippen LogP contribution >= 0.6 is 15.9 Å². The first-order chi connectivity index (χ1) is 13.3. The Hall–Kier alpha value is -1.20. The van der Waals surface area contributed by atoms with Gasteiger partial charge >= 0.3 is 5.97 Å². The Kier molecular flexibility index (Phi) is 11.6. The maximum absolute atomic E-state index is 12.1. The highest BCUT2D eigenvalue weighted by molar-refractivity contribution is 9.10. The summed E-state index contributed by atoms with van der Waals surface area (Å²) in [5.41, 5.74) is -1.12. The van der Waals surface area contributed by atoms with Crippen LogP contribution in [0.5, 0.6) is 0 Å². The molecule has 1 rings (SSSR count). The number of rotatable bonds is 15. The molecular formula is C23H35BrO4. The summed E-state index contributed by atoms with van der Waals surface area (Å²) >= 11 is 3.33. The molecule has 0 heterocycles. The molecule has 0 saturated carbocycles. The van der Waals surface area contributed by atoms with Gasteiger partial charge in [0.05, 0.1) is 6.10 Å². The molecule has 0 aromatic heterocycles. The van der Waals surface area contributed by atoms with Crippen molar-refractivity contribution in [2.75, 3.05) is 0 Å². The smallest absolute Gasteiger partial charge is 0.317 e. The van der Waals surface area contributed by atoms with Gasteiger partial charge in [-0.25, -0.2) is 0 Å². The molecule has 2 N–H and O–H groups in total. The number of benzene rings is 1. The van der Waals surface area contributed by atoms with E-state index < -0.39 is 17.5 Å². The maximum Gasteiger partial charge on any atom is 0.317 e. The number of aliphatic hydroxyl groups excluding tert-OH is 1. The average Bonchev–Trinajstić information content (AvgIpc) is 2.64. The van der Waals surface area contributed by atoms with Gasteiger partial charge in [-0.1, -0.05) is 93.3 Å². The third kappa shape index (κ3) is 7.67. The van der Waals surface area contributed by atoms with E-state index in [2.05, 4.69) is 29.8 Å². The van der Waals surface area contributed by atoms with Crippen LogP contribution < -0.4 is 0 Å². The predicted octanol–water partition coefficient (Wildman–Crippen LogP) is 5.89. The molecule has 28 heavy (non-hydrogen) atoms. The molecule has 0 aliphatic carbocycles. The van der Waals surface area contributed by atoms with Crippen molar-refractivity contribution in [3.63, 3.8) is 0 Å². The number of carbonyl (C=O) groups excluding carboxylic acids is 1. The molecule has 0 aliphatic heterocycles. The van der Waals surface area contributed by atoms with E-state index in [1.165, 1.54) is 32.1 Å². The molecule has 0 bridgehead atoms. The van der Waals surface area contributed by atoms with Gasteiger partial charge in [-0.15, -0.1) is 0 Å². The Morgan fingerprint density at radius 1 is 1.00 bits per heavy atom. The summed E-state index contributed by atoms with van der Waals surface area (Å²) in [5, 5.41) is 20.6. The van der Waals surface area contributed by atoms with Crippen LogP contribution in [0.4, 0.5) is 0 Å². The lowest BCUT2D eigenvalue weighted by Gasteiger charge is -2.33. The summed E-state index contributed by atoms with van der Waals surface area (Å²) in [7, 11) is 0. The van der Waals surface area contributed by atoms with E-state index in [0.29, 0.717) is 18.3 Å². The lowest BCUT2D eigenvalue weighted by molar-refractivity contribution is -0.150. The highest BCUT2D eigenvalue weighted by Gasteiger charge is 2.46. The van der Waals surface area contributed by atoms with Crippen LogP contribution in [0, 0.1) is 5.92 Å². The third-order valence-electron chi connectivity index (χ3n) is 5.47. The Morgan fingerprint density at radius 2 is 1.50 bits per heavy atom. The second-order valence-electron chi connectivity index (χ2n) is 8.12. The molecule has 0 aliphatic rings. The number of carboxylic acid groups (broad SMARTS) is 1. The van der Waals surface area contributed by atoms with Gasteiger partial charge < -0.3 is 15.0 Å². The molecular weight excluding hydrogens is 420 g/mol. The van der Waals surface area contributed by atoms with Crippen molar-refractivity contribution >= 4 is 28.2 Å². The van der Waals surface area contributed by atoms with Crippen LogP contribution in [-0.4, -0.2) is 28.6 Å². The van der Waals surface area contributed by atoms with Crippen molar-refractivity contribution in [3.05, 3.63) is 34.3 Å². The van der Waals surface area contributed by atoms with Crippen molar-refractivity contribution in [1.29, 1.82) is 0 Å². The molecule has 0 spiro atoms. The standard InChI is InChI=1S/C23H35BrO4/c1-18(2)10-8-6-4-3-5-7-9-11-21(26)23(16-17-25,22(27)28)19-12-14-20(24)15-13-19/h12-15,17-18,21,26H,3-11,16H2,1-2H3,(H,27,28)/t21-,23-/m1/s1. The maximum atomic E-state index is 12.1. The number of hydrogen-bond acceptors (Lipinski definition) is 3. The van der Waals surface area contributed by atoms with Crippen LogP contribution in [0.1, 0.15) is 83.6 Å². The zero-order valence-corrected chi connectivity index (χ0v) is 18.8. The fraction of sp³-hybridized carbons (Fsp3) is 0.652. The van der Waals surface area contributed by atoms with Crippen LogP contribution in [0.2, 0.25) is 0 Å². The Balaban J connectivity index is 2.54. The van der Waals surface area contributed by atoms with Crippen LogP contribution in [-0.2, 0) is 15.0 Å². The third-order valence-corrected chi connectivity index (χ3v) is 6.00. The minimum absolute atomic E-state index is 0.235. The van der Waals surface area contributed by atoms with E-state index in [-0.39, 0.29) is 6.42 Å². The van der Waals surface area contributed by atoms with Gasteiger partial charge in [-0.3, -0.25) is 4.79 Å². The second-order valence-corrected chi connectivity index (χ2v) is 9.03. The molecule has 0 amide bonds. The number of aldehydes is 1. The lowest BCUT2D eigenvalue weighted by Crippen LogP contribution is -2.47. The first-order valence-electron chi connectivity index (χ1n) is 10.5. The minimum atomic E-state index is -1.58. The second kappa shape index (κ2) is 13.1. The number of aliphatic carboxylic acids is 1. The van der Waals surface area contributed by atoms with Crippen molar-refractivity contribution < 1.29 is 19.8 Å². The summed E-state index contributed by atoms with van der Waals surface area (Å²) in [6.07, 6.45) is 8.73. The Bertz CT molecular complexity index is 585. The fourth-order valence-corrected chi connectivity index (χ4v) is 3.96. The molecule has 1 aromatic carbocycles. The molecule has 1 aromatic rings. The van der Waals surface area contributed by atoms with Gasteiger partial charge in [-0.05, 0) is 30.0 Å². The average molecular weight is 455 g/mol. The number of unbranched alkanes of at least 4 members (excludes halogenated alkanes) is 6. The van der Waals surface area contributed by atoms with Gasteiger partial charge in [-0.2, -0.15) is 0 Å². The van der Waals surface area contributed by atoms with Gasteiger partial charge in [0.25, 0.3) is 0 Å². The number of halogens is 1. The lowest BCUT2D eigenvalue weighted by atomic mass is 9.72. The Labute approximate surface area is 177 Å². The van der Waals surface area contributed by atoms with Crippen molar-refractivity contribution in [3.8, 4) is 0 Å². The first-order valence-corrected chi connectivity index (χ1v) is 11.2. The zero-order chi connectivity index (χ0) is 21.0. The number of carboxylic acids is 1. The van der Waals surface area contributed by atoms with Crippen molar-refractivity contribution in [1.82, 2.24) is 0 Å². The Morgan fingerprint density at radius 3 is 1.96 bits per heavy atom. The quantitative estimate of drug-likeness (QED) is 0.256. The van der Waals surface area contributed by atoms with E-state index in [1.54, 1.807) is 24.3 Å². The summed E-state index contributed by atoms with van der Waals surface area (Å²) in [5.74, 6) is -0.382. The predicted molar refractivity (Wildman–Crippen MR) is 117 cm³/mol. The molecule has 0 radical (unpaired) electrons. The highest BCUT2D eigenvalue weighted by Crippen LogP contribution is 2.35. The molecule has 5 heteroatoms. The van der Waals surface area contributed by atoms with Crippen LogP contribution in [0.25, 0.3) is 0 Å². The number of hydrogen-bond donors (Lipinski definition) is 2. The summed E-state index contributed by atoms with van der Waals surface area (Å²) in [6.45, 7) is 4.50. The molecule has 0 saturated heterocycles. The van der Waals surface area contributed by atoms with Crippen molar-refractivity contribution in [2.45, 2.75) is 89.6 Å². The monoisotopic (exact) mass is 454 g/mol. The van der Waals surface area contributed by atoms with Crippen molar-refractivity contribution in [2.24, 2.45) is 5.92 Å². The van der Waals surface area contributed by atoms with Crippen LogP contribution in [0.15, 0.2) is 28.7 Å². The highest BCUT2D eigenvalue weighted by atomic mass is 79.9. The molecule has 4 nitrogen and oxygen atoms in total. The van der Waals surface area contributed by atoms with E-state index in [1.807, 2.05) is 0 Å². The SMILES string of the molecule is CC(C)CCCCCCCCC[C@@H](O)[C@](CC=O)(C(=O)O)c1ccc(Br)cc1. The van der Waals surface area contributed by atoms with Gasteiger partial charge in [0.15, 0.2) is 0 Å². The topological polar surface area (TPSA) is 74.6 Å². The van der Waals surface area contributed by atoms with E-state index in [9.17, 15) is 19.8 Å². The molecule has 0 fully saturated rings. The number of aliphatic hydroxyl groups is 1. The van der Waals surface area contributed by atoms with E-state index in [0.717, 1.165) is 29.7 Å². The zero-order valence-electron chi connectivity index (χ0n) is 17.2. The fourth-order valence-electron chi connectivity index (χ4n) is 3.70. The van der Waals surface area contributed by atoms with Crippen LogP contribution in [0.3, 0.4) is 0 Å². The summed E-state index contributed by atoms with van der Waals surface area (Å²) in [4.78, 5) is 23.3. The minimum Gasteiger partial charge on any atom is -0.480 e.